The molecule has 2 saturated heterocycles. The van der Waals surface area contributed by atoms with Gasteiger partial charge in [0.1, 0.15) is 12.1 Å². The number of rotatable bonds is 6. The number of carbonyl (C=O) groups is 5. The number of carbonyl (C=O) groups excluding carboxylic acids is 5. The average molecular weight is 598 g/mol. The summed E-state index contributed by atoms with van der Waals surface area (Å²) in [4.78, 5) is 62.5. The van der Waals surface area contributed by atoms with Gasteiger partial charge in [0.15, 0.2) is 0 Å². The smallest absolute Gasteiger partial charge is 0.356 e. The Labute approximate surface area is 222 Å². The molecule has 2 unspecified atom stereocenters. The zero-order valence-corrected chi connectivity index (χ0v) is 21.6. The third-order valence-electron chi connectivity index (χ3n) is 6.28. The molecule has 2 aliphatic heterocycles. The molecule has 2 aliphatic rings. The lowest BCUT2D eigenvalue weighted by atomic mass is 9.85. The van der Waals surface area contributed by atoms with Crippen LogP contribution in [0.1, 0.15) is 33.6 Å². The largest absolute Gasteiger partial charge is 0.471 e. The van der Waals surface area contributed by atoms with Crippen LogP contribution in [0.15, 0.2) is 0 Å². The number of amides is 5. The Balaban J connectivity index is 2.42. The van der Waals surface area contributed by atoms with Crippen LogP contribution in [0.4, 0.5) is 30.7 Å². The zero-order valence-electron chi connectivity index (χ0n) is 20.9. The standard InChI is InChI=1S/C21H27ClF7N5O5/c1-19(2,3)12(31-18(39)21(27,28)29)16(37)33-7-5-10(20(24,25)26)11(33)15(36)32-34(17(38)13(22)23)8-9-4-6-30-14(9)35/h9-13H,4-8H2,1-3H3,(H,30,35)(H,31,39)(H,32,36)/t9-,10-,11-,12?,13?/m0/s1. The van der Waals surface area contributed by atoms with E-state index in [1.54, 1.807) is 5.43 Å². The molecule has 0 aromatic carbocycles. The highest BCUT2D eigenvalue weighted by atomic mass is 35.5. The highest BCUT2D eigenvalue weighted by molar-refractivity contribution is 6.29. The van der Waals surface area contributed by atoms with Crippen molar-refractivity contribution in [1.82, 2.24) is 26.0 Å². The van der Waals surface area contributed by atoms with Crippen molar-refractivity contribution in [1.29, 1.82) is 0 Å². The van der Waals surface area contributed by atoms with Crippen molar-refractivity contribution in [2.24, 2.45) is 17.3 Å². The zero-order chi connectivity index (χ0) is 30.1. The molecule has 5 atom stereocenters. The first kappa shape index (κ1) is 32.4. The van der Waals surface area contributed by atoms with E-state index in [0.29, 0.717) is 4.90 Å². The fourth-order valence-electron chi connectivity index (χ4n) is 4.28. The lowest BCUT2D eigenvalue weighted by Gasteiger charge is -2.37. The van der Waals surface area contributed by atoms with E-state index in [1.165, 1.54) is 26.1 Å². The summed E-state index contributed by atoms with van der Waals surface area (Å²) in [6, 6.07) is -4.42. The molecule has 5 amide bonds. The molecule has 39 heavy (non-hydrogen) atoms. The van der Waals surface area contributed by atoms with Gasteiger partial charge in [-0.2, -0.15) is 26.3 Å². The first-order chi connectivity index (χ1) is 17.7. The molecule has 10 nitrogen and oxygen atoms in total. The van der Waals surface area contributed by atoms with Crippen molar-refractivity contribution in [3.63, 3.8) is 0 Å². The molecular formula is C21H27ClF7N5O5. The van der Waals surface area contributed by atoms with E-state index in [0.717, 1.165) is 0 Å². The second-order valence-corrected chi connectivity index (χ2v) is 10.6. The monoisotopic (exact) mass is 597 g/mol. The SMILES string of the molecule is CC(C)(C)C(NC(=O)C(F)(F)F)C(=O)N1CC[C@H](C(F)(F)F)[C@H]1C(=O)NN(C[C@@H]1CCNC1=O)C(=O)C(F)Cl. The summed E-state index contributed by atoms with van der Waals surface area (Å²) in [5.74, 6) is -11.2. The minimum absolute atomic E-state index is 0.142. The van der Waals surface area contributed by atoms with E-state index in [1.807, 2.05) is 0 Å². The van der Waals surface area contributed by atoms with Crippen LogP contribution in [0, 0.1) is 17.3 Å². The van der Waals surface area contributed by atoms with Crippen LogP contribution in [0.5, 0.6) is 0 Å². The van der Waals surface area contributed by atoms with Gasteiger partial charge in [-0.15, -0.1) is 0 Å². The Morgan fingerprint density at radius 1 is 1.10 bits per heavy atom. The van der Waals surface area contributed by atoms with Gasteiger partial charge in [-0.1, -0.05) is 32.4 Å². The van der Waals surface area contributed by atoms with Crippen molar-refractivity contribution >= 4 is 41.1 Å². The van der Waals surface area contributed by atoms with E-state index in [4.69, 9.17) is 11.6 Å². The van der Waals surface area contributed by atoms with Gasteiger partial charge in [0.2, 0.25) is 11.8 Å². The van der Waals surface area contributed by atoms with Gasteiger partial charge in [0.05, 0.1) is 18.4 Å². The van der Waals surface area contributed by atoms with Crippen molar-refractivity contribution < 1.29 is 54.7 Å². The summed E-state index contributed by atoms with van der Waals surface area (Å²) in [5.41, 5.74) is -2.41. The van der Waals surface area contributed by atoms with Gasteiger partial charge in [0, 0.05) is 13.1 Å². The van der Waals surface area contributed by atoms with Crippen LogP contribution < -0.4 is 16.1 Å². The Morgan fingerprint density at radius 3 is 2.13 bits per heavy atom. The number of alkyl halides is 8. The molecule has 0 radical (unpaired) electrons. The number of nitrogens with zero attached hydrogens (tertiary/aromatic N) is 2. The van der Waals surface area contributed by atoms with Gasteiger partial charge in [-0.3, -0.25) is 29.4 Å². The lowest BCUT2D eigenvalue weighted by Crippen LogP contribution is -2.62. The molecule has 2 heterocycles. The van der Waals surface area contributed by atoms with E-state index in [9.17, 15) is 54.7 Å². The number of halogens is 8. The van der Waals surface area contributed by atoms with Gasteiger partial charge < -0.3 is 15.5 Å². The van der Waals surface area contributed by atoms with E-state index >= 15 is 0 Å². The first-order valence-electron chi connectivity index (χ1n) is 11.6. The molecule has 0 spiro atoms. The fourth-order valence-corrected chi connectivity index (χ4v) is 4.40. The Bertz CT molecular complexity index is 986. The van der Waals surface area contributed by atoms with E-state index in [-0.39, 0.29) is 18.0 Å². The van der Waals surface area contributed by atoms with Crippen molar-refractivity contribution in [3.05, 3.63) is 0 Å². The predicted molar refractivity (Wildman–Crippen MR) is 119 cm³/mol. The maximum absolute atomic E-state index is 13.9. The molecular weight excluding hydrogens is 571 g/mol. The number of likely N-dealkylation sites (tertiary alicyclic amines) is 1. The Morgan fingerprint density at radius 2 is 1.69 bits per heavy atom. The molecule has 2 rings (SSSR count). The third kappa shape index (κ3) is 7.85. The molecule has 0 aromatic heterocycles. The van der Waals surface area contributed by atoms with Gasteiger partial charge in [0.25, 0.3) is 17.4 Å². The van der Waals surface area contributed by atoms with Gasteiger partial charge in [-0.25, -0.2) is 9.40 Å². The lowest BCUT2D eigenvalue weighted by molar-refractivity contribution is -0.186. The highest BCUT2D eigenvalue weighted by Gasteiger charge is 2.56. The van der Waals surface area contributed by atoms with Crippen LogP contribution >= 0.6 is 11.6 Å². The molecule has 2 fully saturated rings. The second-order valence-electron chi connectivity index (χ2n) is 10.2. The number of hydrogen-bond donors (Lipinski definition) is 3. The number of nitrogens with one attached hydrogen (secondary N) is 3. The summed E-state index contributed by atoms with van der Waals surface area (Å²) in [6.07, 6.45) is -11.2. The van der Waals surface area contributed by atoms with Gasteiger partial charge >= 0.3 is 18.3 Å². The van der Waals surface area contributed by atoms with Crippen molar-refractivity contribution in [2.45, 2.75) is 63.7 Å². The maximum atomic E-state index is 13.9. The first-order valence-corrected chi connectivity index (χ1v) is 12.0. The quantitative estimate of drug-likeness (QED) is 0.242. The molecule has 0 saturated carbocycles. The van der Waals surface area contributed by atoms with E-state index in [2.05, 4.69) is 5.32 Å². The Kier molecular flexibility index (Phi) is 9.72. The molecule has 0 aliphatic carbocycles. The minimum Gasteiger partial charge on any atom is -0.356 e. The number of hydrogen-bond acceptors (Lipinski definition) is 5. The summed E-state index contributed by atoms with van der Waals surface area (Å²) in [7, 11) is 0. The Hall–Kier alpha value is -2.85. The molecule has 0 bridgehead atoms. The maximum Gasteiger partial charge on any atom is 0.471 e. The van der Waals surface area contributed by atoms with Crippen LogP contribution in [0.25, 0.3) is 0 Å². The van der Waals surface area contributed by atoms with E-state index < -0.39 is 96.4 Å². The average Bonchev–Trinajstić information content (AvgIpc) is 3.40. The van der Waals surface area contributed by atoms with Gasteiger partial charge in [-0.05, 0) is 18.3 Å². The molecule has 18 heteroatoms. The molecule has 3 N–H and O–H groups in total. The second kappa shape index (κ2) is 11.7. The predicted octanol–water partition coefficient (Wildman–Crippen LogP) is 1.39. The van der Waals surface area contributed by atoms with Crippen LogP contribution in [-0.4, -0.2) is 89.1 Å². The normalized spacial score (nSPS) is 23.6. The van der Waals surface area contributed by atoms with Crippen LogP contribution in [0.3, 0.4) is 0 Å². The minimum atomic E-state index is -5.42. The third-order valence-corrected chi connectivity index (χ3v) is 6.47. The van der Waals surface area contributed by atoms with Crippen LogP contribution in [-0.2, 0) is 24.0 Å². The summed E-state index contributed by atoms with van der Waals surface area (Å²) in [6.45, 7) is 2.51. The summed E-state index contributed by atoms with van der Waals surface area (Å²) in [5, 5.41) is 4.12. The topological polar surface area (TPSA) is 128 Å². The summed E-state index contributed by atoms with van der Waals surface area (Å²) >= 11 is 5.16. The molecule has 222 valence electrons. The van der Waals surface area contributed by atoms with Crippen molar-refractivity contribution in [2.75, 3.05) is 19.6 Å². The highest BCUT2D eigenvalue weighted by Crippen LogP contribution is 2.39. The summed E-state index contributed by atoms with van der Waals surface area (Å²) < 4.78 is 93.8. The fraction of sp³-hybridized carbons (Fsp3) is 0.762. The molecule has 0 aromatic rings. The van der Waals surface area contributed by atoms with Crippen LogP contribution in [0.2, 0.25) is 0 Å². The van der Waals surface area contributed by atoms with Crippen molar-refractivity contribution in [3.8, 4) is 0 Å². The number of hydrazine groups is 1.